The van der Waals surface area contributed by atoms with Crippen molar-refractivity contribution in [2.45, 2.75) is 212 Å². The Hall–Kier alpha value is -1.16. The van der Waals surface area contributed by atoms with Crippen molar-refractivity contribution >= 4 is 0 Å². The Morgan fingerprint density at radius 3 is 1.23 bits per heavy atom. The van der Waals surface area contributed by atoms with Gasteiger partial charge >= 0.3 is 0 Å². The van der Waals surface area contributed by atoms with E-state index >= 15 is 0 Å². The van der Waals surface area contributed by atoms with Crippen LogP contribution < -0.4 is 5.32 Å². The Labute approximate surface area is 292 Å². The minimum atomic E-state index is -0.242. The molecule has 2 heterocycles. The molecule has 3 heteroatoms. The number of rotatable bonds is 30. The zero-order valence-corrected chi connectivity index (χ0v) is 31.3. The van der Waals surface area contributed by atoms with Crippen molar-refractivity contribution in [1.29, 1.82) is 0 Å². The van der Waals surface area contributed by atoms with Crippen LogP contribution in [0.1, 0.15) is 194 Å². The molecule has 270 valence electrons. The monoisotopic (exact) mass is 652 g/mol. The summed E-state index contributed by atoms with van der Waals surface area (Å²) in [6.45, 7) is 6.49. The second kappa shape index (κ2) is 25.8. The molecule has 3 fully saturated rings. The lowest BCUT2D eigenvalue weighted by atomic mass is 9.59. The molecule has 0 unspecified atom stereocenters. The first-order chi connectivity index (χ1) is 23.2. The highest BCUT2D eigenvalue weighted by molar-refractivity contribution is 5.06. The van der Waals surface area contributed by atoms with Crippen LogP contribution in [0.2, 0.25) is 0 Å². The molecule has 47 heavy (non-hydrogen) atoms. The van der Waals surface area contributed by atoms with Gasteiger partial charge in [0.2, 0.25) is 0 Å². The molecule has 0 bridgehead atoms. The number of hydrogen-bond donors (Lipinski definition) is 1. The highest BCUT2D eigenvalue weighted by atomic mass is 16.8. The van der Waals surface area contributed by atoms with Crippen molar-refractivity contribution in [2.75, 3.05) is 13.1 Å². The van der Waals surface area contributed by atoms with Crippen LogP contribution in [0.5, 0.6) is 0 Å². The van der Waals surface area contributed by atoms with E-state index < -0.39 is 0 Å². The maximum atomic E-state index is 6.53. The van der Waals surface area contributed by atoms with Crippen LogP contribution in [0.4, 0.5) is 0 Å². The summed E-state index contributed by atoms with van der Waals surface area (Å²) in [6.07, 6.45) is 56.5. The normalized spacial score (nSPS) is 21.7. The standard InChI is InChI=1S/C44H77NO2/c1-3-5-7-9-11-13-15-17-19-21-23-25-27-29-31-33-35-43(39-44(40-43)46-41-37-45-38-42(41)47-44)36-34-32-30-28-26-24-22-20-18-16-14-12-10-8-6-4-2/h11-14,17-20,41-42,45H,3-10,15-16,21-40H2,1-2H3/b13-11-,14-12-,19-17-,20-18-/t41-,42+. The molecule has 1 spiro atoms. The van der Waals surface area contributed by atoms with Crippen LogP contribution in [0.15, 0.2) is 48.6 Å². The first-order valence-corrected chi connectivity index (χ1v) is 20.9. The van der Waals surface area contributed by atoms with E-state index in [1.807, 2.05) is 0 Å². The lowest BCUT2D eigenvalue weighted by Crippen LogP contribution is -2.54. The van der Waals surface area contributed by atoms with Crippen molar-refractivity contribution in [3.63, 3.8) is 0 Å². The third-order valence-electron chi connectivity index (χ3n) is 10.9. The lowest BCUT2D eigenvalue weighted by Gasteiger charge is -2.54. The molecule has 2 atom stereocenters. The highest BCUT2D eigenvalue weighted by Crippen LogP contribution is 2.60. The van der Waals surface area contributed by atoms with E-state index in [4.69, 9.17) is 9.47 Å². The predicted octanol–water partition coefficient (Wildman–Crippen LogP) is 13.3. The van der Waals surface area contributed by atoms with Gasteiger partial charge in [-0.25, -0.2) is 0 Å². The van der Waals surface area contributed by atoms with Gasteiger partial charge in [0, 0.05) is 25.9 Å². The van der Waals surface area contributed by atoms with Gasteiger partial charge in [-0.05, 0) is 82.5 Å². The van der Waals surface area contributed by atoms with E-state index in [1.54, 1.807) is 0 Å². The van der Waals surface area contributed by atoms with Crippen molar-refractivity contribution in [2.24, 2.45) is 5.41 Å². The Balaban J connectivity index is 1.21. The van der Waals surface area contributed by atoms with Crippen molar-refractivity contribution in [1.82, 2.24) is 5.32 Å². The lowest BCUT2D eigenvalue weighted by molar-refractivity contribution is -0.279. The third-order valence-corrected chi connectivity index (χ3v) is 10.9. The summed E-state index contributed by atoms with van der Waals surface area (Å²) in [7, 11) is 0. The van der Waals surface area contributed by atoms with Gasteiger partial charge in [0.05, 0.1) is 0 Å². The van der Waals surface area contributed by atoms with E-state index in [2.05, 4.69) is 67.8 Å². The van der Waals surface area contributed by atoms with Gasteiger partial charge in [0.1, 0.15) is 12.2 Å². The molecule has 0 radical (unpaired) electrons. The van der Waals surface area contributed by atoms with E-state index in [1.165, 1.54) is 154 Å². The fourth-order valence-corrected chi connectivity index (χ4v) is 8.16. The average molecular weight is 652 g/mol. The highest BCUT2D eigenvalue weighted by Gasteiger charge is 2.62. The average Bonchev–Trinajstić information content (AvgIpc) is 3.64. The quantitative estimate of drug-likeness (QED) is 0.0619. The first-order valence-electron chi connectivity index (χ1n) is 20.9. The minimum Gasteiger partial charge on any atom is -0.343 e. The summed E-state index contributed by atoms with van der Waals surface area (Å²) in [4.78, 5) is 0. The van der Waals surface area contributed by atoms with E-state index in [-0.39, 0.29) is 18.0 Å². The van der Waals surface area contributed by atoms with Crippen LogP contribution in [0, 0.1) is 5.41 Å². The van der Waals surface area contributed by atoms with Crippen LogP contribution in [0.25, 0.3) is 0 Å². The summed E-state index contributed by atoms with van der Waals surface area (Å²) in [5, 5.41) is 3.44. The molecular weight excluding hydrogens is 574 g/mol. The molecule has 2 saturated heterocycles. The summed E-state index contributed by atoms with van der Waals surface area (Å²) >= 11 is 0. The molecular formula is C44H77NO2. The second-order valence-electron chi connectivity index (χ2n) is 15.4. The molecule has 1 N–H and O–H groups in total. The number of unbranched alkanes of at least 4 members (excludes halogenated alkanes) is 18. The largest absolute Gasteiger partial charge is 0.343 e. The number of hydrogen-bond acceptors (Lipinski definition) is 3. The molecule has 3 nitrogen and oxygen atoms in total. The third kappa shape index (κ3) is 17.4. The number of nitrogens with one attached hydrogen (secondary N) is 1. The van der Waals surface area contributed by atoms with Gasteiger partial charge in [-0.1, -0.05) is 152 Å². The van der Waals surface area contributed by atoms with Gasteiger partial charge in [-0.3, -0.25) is 0 Å². The van der Waals surface area contributed by atoms with Gasteiger partial charge in [0.25, 0.3) is 0 Å². The van der Waals surface area contributed by atoms with E-state index in [0.29, 0.717) is 5.41 Å². The van der Waals surface area contributed by atoms with Crippen LogP contribution >= 0.6 is 0 Å². The van der Waals surface area contributed by atoms with Crippen LogP contribution in [-0.2, 0) is 9.47 Å². The fraction of sp³-hybridized carbons (Fsp3) is 0.818. The van der Waals surface area contributed by atoms with Gasteiger partial charge in [0.15, 0.2) is 5.79 Å². The molecule has 0 aromatic rings. The first kappa shape index (κ1) is 40.3. The predicted molar refractivity (Wildman–Crippen MR) is 205 cm³/mol. The zero-order chi connectivity index (χ0) is 33.1. The molecule has 0 aromatic heterocycles. The summed E-state index contributed by atoms with van der Waals surface area (Å²) < 4.78 is 13.1. The van der Waals surface area contributed by atoms with Gasteiger partial charge in [-0.2, -0.15) is 0 Å². The Kier molecular flexibility index (Phi) is 22.1. The molecule has 1 saturated carbocycles. The summed E-state index contributed by atoms with van der Waals surface area (Å²) in [5.41, 5.74) is 0.469. The maximum Gasteiger partial charge on any atom is 0.170 e. The minimum absolute atomic E-state index is 0.242. The van der Waals surface area contributed by atoms with Crippen molar-refractivity contribution in [3.05, 3.63) is 48.6 Å². The molecule has 3 rings (SSSR count). The Morgan fingerprint density at radius 1 is 0.468 bits per heavy atom. The fourth-order valence-electron chi connectivity index (χ4n) is 8.16. The zero-order valence-electron chi connectivity index (χ0n) is 31.3. The Morgan fingerprint density at radius 2 is 0.830 bits per heavy atom. The van der Waals surface area contributed by atoms with Crippen LogP contribution in [0.3, 0.4) is 0 Å². The number of ether oxygens (including phenoxy) is 2. The van der Waals surface area contributed by atoms with Gasteiger partial charge < -0.3 is 14.8 Å². The molecule has 1 aliphatic carbocycles. The SMILES string of the molecule is CCCCC/C=C\C/C=C\CCCCCCCCC1(CCCCCCCC/C=C\C/C=C\CCCCC)CC2(C1)O[C@H]1CNC[C@H]1O2. The van der Waals surface area contributed by atoms with Crippen molar-refractivity contribution < 1.29 is 9.47 Å². The summed E-state index contributed by atoms with van der Waals surface area (Å²) in [6, 6.07) is 0. The van der Waals surface area contributed by atoms with E-state index in [0.717, 1.165) is 38.8 Å². The Bertz CT molecular complexity index is 802. The maximum absolute atomic E-state index is 6.53. The van der Waals surface area contributed by atoms with Gasteiger partial charge in [-0.15, -0.1) is 0 Å². The smallest absolute Gasteiger partial charge is 0.170 e. The number of allylic oxidation sites excluding steroid dienone is 8. The molecule has 0 aromatic carbocycles. The summed E-state index contributed by atoms with van der Waals surface area (Å²) in [5.74, 6) is -0.242. The van der Waals surface area contributed by atoms with E-state index in [9.17, 15) is 0 Å². The topological polar surface area (TPSA) is 30.5 Å². The second-order valence-corrected chi connectivity index (χ2v) is 15.4. The molecule has 3 aliphatic rings. The molecule has 2 aliphatic heterocycles. The number of fused-ring (bicyclic) bond motifs is 1. The van der Waals surface area contributed by atoms with Crippen molar-refractivity contribution in [3.8, 4) is 0 Å². The van der Waals surface area contributed by atoms with Crippen LogP contribution in [-0.4, -0.2) is 31.1 Å². The molecule has 0 amide bonds.